The Morgan fingerprint density at radius 2 is 2.00 bits per heavy atom. The van der Waals surface area contributed by atoms with Gasteiger partial charge in [0.05, 0.1) is 42.7 Å². The zero-order valence-corrected chi connectivity index (χ0v) is 23.8. The Hall–Kier alpha value is -3.26. The molecule has 38 heavy (non-hydrogen) atoms. The molecule has 200 valence electrons. The van der Waals surface area contributed by atoms with Crippen molar-refractivity contribution in [3.8, 4) is 17.4 Å². The van der Waals surface area contributed by atoms with Crippen molar-refractivity contribution in [3.05, 3.63) is 47.8 Å². The first-order valence-electron chi connectivity index (χ1n) is 12.6. The van der Waals surface area contributed by atoms with Gasteiger partial charge < -0.3 is 29.9 Å². The predicted molar refractivity (Wildman–Crippen MR) is 154 cm³/mol. The molecule has 11 nitrogen and oxygen atoms in total. The van der Waals surface area contributed by atoms with Crippen molar-refractivity contribution in [2.75, 3.05) is 48.5 Å². The maximum absolute atomic E-state index is 12.1. The van der Waals surface area contributed by atoms with Crippen molar-refractivity contribution >= 4 is 45.9 Å². The molecule has 2 amide bonds. The summed E-state index contributed by atoms with van der Waals surface area (Å²) in [6.45, 7) is 7.58. The van der Waals surface area contributed by atoms with E-state index >= 15 is 0 Å². The van der Waals surface area contributed by atoms with E-state index in [9.17, 15) is 4.79 Å². The number of hydrogen-bond donors (Lipinski definition) is 2. The second kappa shape index (κ2) is 11.6. The summed E-state index contributed by atoms with van der Waals surface area (Å²) in [6, 6.07) is 9.81. The van der Waals surface area contributed by atoms with E-state index in [1.807, 2.05) is 37.3 Å². The molecule has 3 aromatic rings. The van der Waals surface area contributed by atoms with Gasteiger partial charge in [-0.3, -0.25) is 0 Å². The van der Waals surface area contributed by atoms with Gasteiger partial charge in [0, 0.05) is 36.1 Å². The number of benzene rings is 1. The first-order chi connectivity index (χ1) is 18.4. The summed E-state index contributed by atoms with van der Waals surface area (Å²) in [6.07, 6.45) is 2.51. The Morgan fingerprint density at radius 3 is 2.74 bits per heavy atom. The smallest absolute Gasteiger partial charge is 0.320 e. The number of halogens is 1. The van der Waals surface area contributed by atoms with Gasteiger partial charge in [-0.1, -0.05) is 22.6 Å². The number of ether oxygens (including phenoxy) is 2. The van der Waals surface area contributed by atoms with Crippen LogP contribution in [0.4, 0.5) is 22.1 Å². The summed E-state index contributed by atoms with van der Waals surface area (Å²) in [5.74, 6) is 2.42. The Labute approximate surface area is 235 Å². The summed E-state index contributed by atoms with van der Waals surface area (Å²) in [7, 11) is 1.57. The lowest BCUT2D eigenvalue weighted by Crippen LogP contribution is -2.45. The highest BCUT2D eigenvalue weighted by atomic mass is 127. The molecule has 1 aromatic carbocycles. The molecule has 2 aliphatic heterocycles. The molecule has 2 aliphatic rings. The van der Waals surface area contributed by atoms with E-state index in [4.69, 9.17) is 19.4 Å². The van der Waals surface area contributed by atoms with Gasteiger partial charge in [0.15, 0.2) is 5.82 Å². The molecule has 0 aliphatic carbocycles. The van der Waals surface area contributed by atoms with Gasteiger partial charge in [0.2, 0.25) is 0 Å². The van der Waals surface area contributed by atoms with E-state index in [1.54, 1.807) is 13.3 Å². The molecule has 1 saturated heterocycles. The SMILES string of the molecule is COc1nccc(N2CCc3c(nc(-c4ccc(NC(=O)NC(C)I)cc4)nc3N3CCOCC3C)C2)n1. The van der Waals surface area contributed by atoms with E-state index in [1.165, 1.54) is 5.56 Å². The van der Waals surface area contributed by atoms with Crippen LogP contribution in [-0.4, -0.2) is 69.5 Å². The summed E-state index contributed by atoms with van der Waals surface area (Å²) in [5, 5.41) is 5.68. The molecule has 1 fully saturated rings. The molecule has 2 unspecified atom stereocenters. The number of amides is 2. The fourth-order valence-corrected chi connectivity index (χ4v) is 4.95. The molecular weight excluding hydrogens is 599 g/mol. The standard InChI is InChI=1S/C26H31IN8O3/c1-16-15-38-13-12-35(16)24-20-9-11-34(22-8-10-28-26(32-22)37-3)14-21(20)31-23(33-24)18-4-6-19(7-5-18)30-25(36)29-17(2)27/h4-8,10,16-17H,9,11-15H2,1-3H3,(H2,29,30,36). The van der Waals surface area contributed by atoms with Crippen molar-refractivity contribution in [2.24, 2.45) is 0 Å². The Balaban J connectivity index is 1.48. The molecule has 0 spiro atoms. The van der Waals surface area contributed by atoms with Gasteiger partial charge in [-0.25, -0.2) is 19.7 Å². The summed E-state index contributed by atoms with van der Waals surface area (Å²) in [5.41, 5.74) is 3.73. The van der Waals surface area contributed by atoms with Crippen LogP contribution in [0.15, 0.2) is 36.5 Å². The van der Waals surface area contributed by atoms with Gasteiger partial charge in [0.25, 0.3) is 0 Å². The molecule has 4 heterocycles. The topological polar surface area (TPSA) is 118 Å². The molecule has 12 heteroatoms. The Bertz CT molecular complexity index is 1290. The number of rotatable bonds is 6. The Kier molecular flexibility index (Phi) is 8.07. The van der Waals surface area contributed by atoms with Crippen LogP contribution in [0.25, 0.3) is 11.4 Å². The number of anilines is 3. The van der Waals surface area contributed by atoms with Gasteiger partial charge in [-0.15, -0.1) is 0 Å². The largest absolute Gasteiger partial charge is 0.467 e. The number of nitrogens with zero attached hydrogens (tertiary/aromatic N) is 6. The van der Waals surface area contributed by atoms with Crippen LogP contribution < -0.4 is 25.2 Å². The molecule has 2 atom stereocenters. The molecule has 0 saturated carbocycles. The van der Waals surface area contributed by atoms with E-state index < -0.39 is 0 Å². The van der Waals surface area contributed by atoms with Gasteiger partial charge in [-0.2, -0.15) is 4.98 Å². The van der Waals surface area contributed by atoms with Crippen LogP contribution in [0.1, 0.15) is 25.1 Å². The zero-order chi connectivity index (χ0) is 26.6. The monoisotopic (exact) mass is 630 g/mol. The number of carbonyl (C=O) groups is 1. The summed E-state index contributed by atoms with van der Waals surface area (Å²) < 4.78 is 11.0. The maximum atomic E-state index is 12.1. The minimum atomic E-state index is -0.241. The second-order valence-corrected chi connectivity index (χ2v) is 11.1. The molecule has 0 radical (unpaired) electrons. The van der Waals surface area contributed by atoms with Gasteiger partial charge >= 0.3 is 12.0 Å². The van der Waals surface area contributed by atoms with Crippen LogP contribution >= 0.6 is 22.6 Å². The fraction of sp³-hybridized carbons (Fsp3) is 0.423. The van der Waals surface area contributed by atoms with Crippen LogP contribution in [0, 0.1) is 0 Å². The van der Waals surface area contributed by atoms with Crippen molar-refractivity contribution < 1.29 is 14.3 Å². The summed E-state index contributed by atoms with van der Waals surface area (Å²) >= 11 is 2.14. The van der Waals surface area contributed by atoms with Gasteiger partial charge in [-0.05, 0) is 50.6 Å². The minimum absolute atomic E-state index is 0.0276. The number of hydrogen-bond acceptors (Lipinski definition) is 9. The highest BCUT2D eigenvalue weighted by Gasteiger charge is 2.29. The number of fused-ring (bicyclic) bond motifs is 1. The number of aromatic nitrogens is 4. The van der Waals surface area contributed by atoms with E-state index in [0.29, 0.717) is 37.3 Å². The lowest BCUT2D eigenvalue weighted by molar-refractivity contribution is 0.0984. The lowest BCUT2D eigenvalue weighted by Gasteiger charge is -2.38. The quantitative estimate of drug-likeness (QED) is 0.239. The van der Waals surface area contributed by atoms with E-state index in [-0.39, 0.29) is 16.1 Å². The molecule has 2 N–H and O–H groups in total. The summed E-state index contributed by atoms with van der Waals surface area (Å²) in [4.78, 5) is 35.4. The van der Waals surface area contributed by atoms with Crippen molar-refractivity contribution in [2.45, 2.75) is 36.9 Å². The van der Waals surface area contributed by atoms with Crippen LogP contribution in [0.2, 0.25) is 0 Å². The molecular formula is C26H31IN8O3. The number of morpholine rings is 1. The minimum Gasteiger partial charge on any atom is -0.467 e. The van der Waals surface area contributed by atoms with Gasteiger partial charge in [0.1, 0.15) is 11.6 Å². The average Bonchev–Trinajstić information content (AvgIpc) is 2.92. The zero-order valence-electron chi connectivity index (χ0n) is 21.6. The van der Waals surface area contributed by atoms with Crippen molar-refractivity contribution in [1.29, 1.82) is 0 Å². The van der Waals surface area contributed by atoms with Crippen LogP contribution in [0.3, 0.4) is 0 Å². The number of methoxy groups -OCH3 is 1. The third-order valence-corrected chi connectivity index (χ3v) is 6.85. The molecule has 0 bridgehead atoms. The van der Waals surface area contributed by atoms with E-state index in [2.05, 4.69) is 59.9 Å². The lowest BCUT2D eigenvalue weighted by atomic mass is 10.0. The average molecular weight is 630 g/mol. The normalized spacial score (nSPS) is 17.9. The van der Waals surface area contributed by atoms with Crippen LogP contribution in [0.5, 0.6) is 6.01 Å². The third-order valence-electron chi connectivity index (χ3n) is 6.54. The third kappa shape index (κ3) is 5.90. The molecule has 5 rings (SSSR count). The molecule has 2 aromatic heterocycles. The Morgan fingerprint density at radius 1 is 1.18 bits per heavy atom. The van der Waals surface area contributed by atoms with Crippen molar-refractivity contribution in [1.82, 2.24) is 25.3 Å². The number of nitrogens with one attached hydrogen (secondary N) is 2. The second-order valence-electron chi connectivity index (χ2n) is 9.28. The predicted octanol–water partition coefficient (Wildman–Crippen LogP) is 3.63. The first-order valence-corrected chi connectivity index (χ1v) is 13.8. The van der Waals surface area contributed by atoms with Crippen LogP contribution in [-0.2, 0) is 17.7 Å². The van der Waals surface area contributed by atoms with Crippen molar-refractivity contribution in [3.63, 3.8) is 0 Å². The number of urea groups is 1. The maximum Gasteiger partial charge on any atom is 0.320 e. The highest BCUT2D eigenvalue weighted by molar-refractivity contribution is 14.1. The fourth-order valence-electron chi connectivity index (χ4n) is 4.67. The van der Waals surface area contributed by atoms with E-state index in [0.717, 1.165) is 42.4 Å². The number of alkyl halides is 1. The number of carbonyl (C=O) groups excluding carboxylic acids is 1. The first kappa shape index (κ1) is 26.4. The highest BCUT2D eigenvalue weighted by Crippen LogP contribution is 2.33.